The molecule has 0 aliphatic carbocycles. The van der Waals surface area contributed by atoms with Crippen molar-refractivity contribution >= 4 is 39.5 Å². The summed E-state index contributed by atoms with van der Waals surface area (Å²) in [6, 6.07) is 0. The Morgan fingerprint density at radius 2 is 0.430 bits per heavy atom. The average molecular weight is 1560 g/mol. The number of aliphatic hydroxyl groups is 1. The lowest BCUT2D eigenvalue weighted by molar-refractivity contribution is -0.161. The molecule has 0 rings (SSSR count). The Hall–Kier alpha value is -1.94. The minimum absolute atomic E-state index is 0.108. The number of phosphoric acid groups is 2. The maximum absolute atomic E-state index is 13.2. The van der Waals surface area contributed by atoms with Crippen LogP contribution in [-0.4, -0.2) is 96.7 Å². The molecule has 636 valence electrons. The van der Waals surface area contributed by atoms with Gasteiger partial charge < -0.3 is 33.8 Å². The lowest BCUT2D eigenvalue weighted by atomic mass is 10.0. The predicted octanol–water partition coefficient (Wildman–Crippen LogP) is 26.9. The van der Waals surface area contributed by atoms with Crippen LogP contribution in [0.1, 0.15) is 466 Å². The van der Waals surface area contributed by atoms with Crippen molar-refractivity contribution in [1.29, 1.82) is 0 Å². The standard InChI is InChI=1S/C88H172O17P2/c1-8-9-10-11-12-13-41-48-55-62-69-85(90)98-75-83(104-87(92)72-65-58-51-44-37-31-25-19-22-28-34-40-47-54-61-68-81(6)7)77-102-106(94,95)100-73-82(89)74-101-107(96,97)103-78-84(76-99-86(91)70-63-56-49-42-35-29-24-18-21-27-33-39-46-53-60-67-80(4)5)105-88(93)71-64-57-50-43-36-30-23-17-15-14-16-20-26-32-38-45-52-59-66-79(2)3/h79-84,89H,8-78H2,1-7H3,(H,94,95)(H,96,97)/t82-,83+,84+/m0/s1. The summed E-state index contributed by atoms with van der Waals surface area (Å²) < 4.78 is 68.9. The van der Waals surface area contributed by atoms with E-state index in [1.807, 2.05) is 0 Å². The van der Waals surface area contributed by atoms with Crippen LogP contribution in [0.25, 0.3) is 0 Å². The molecule has 0 fully saturated rings. The summed E-state index contributed by atoms with van der Waals surface area (Å²) >= 11 is 0. The van der Waals surface area contributed by atoms with E-state index < -0.39 is 97.5 Å². The molecule has 2 unspecified atom stereocenters. The molecule has 0 bridgehead atoms. The van der Waals surface area contributed by atoms with E-state index in [1.54, 1.807) is 0 Å². The fourth-order valence-corrected chi connectivity index (χ4v) is 15.3. The Bertz CT molecular complexity index is 2060. The highest BCUT2D eigenvalue weighted by molar-refractivity contribution is 7.47. The predicted molar refractivity (Wildman–Crippen MR) is 441 cm³/mol. The second kappa shape index (κ2) is 78.0. The highest BCUT2D eigenvalue weighted by atomic mass is 31.2. The van der Waals surface area contributed by atoms with E-state index in [2.05, 4.69) is 48.5 Å². The van der Waals surface area contributed by atoms with E-state index in [1.165, 1.54) is 276 Å². The minimum atomic E-state index is -4.97. The Morgan fingerprint density at radius 1 is 0.252 bits per heavy atom. The first-order valence-electron chi connectivity index (χ1n) is 45.3. The Kier molecular flexibility index (Phi) is 76.6. The molecule has 0 aromatic rings. The van der Waals surface area contributed by atoms with Crippen LogP contribution >= 0.6 is 15.6 Å². The molecule has 0 aliphatic rings. The molecule has 0 radical (unpaired) electrons. The zero-order chi connectivity index (χ0) is 78.6. The van der Waals surface area contributed by atoms with Crippen molar-refractivity contribution in [3.63, 3.8) is 0 Å². The average Bonchev–Trinajstić information content (AvgIpc) is 0.910. The van der Waals surface area contributed by atoms with E-state index >= 15 is 0 Å². The maximum atomic E-state index is 13.2. The van der Waals surface area contributed by atoms with Gasteiger partial charge >= 0.3 is 39.5 Å². The van der Waals surface area contributed by atoms with E-state index in [9.17, 15) is 43.2 Å². The molecule has 5 atom stereocenters. The molecule has 3 N–H and O–H groups in total. The summed E-state index contributed by atoms with van der Waals surface area (Å²) in [6.45, 7) is 12.1. The highest BCUT2D eigenvalue weighted by Gasteiger charge is 2.31. The largest absolute Gasteiger partial charge is 0.472 e. The molecule has 0 saturated carbocycles. The van der Waals surface area contributed by atoms with Crippen LogP contribution in [0.4, 0.5) is 0 Å². The number of hydrogen-bond acceptors (Lipinski definition) is 15. The molecule has 17 nitrogen and oxygen atoms in total. The van der Waals surface area contributed by atoms with Crippen molar-refractivity contribution in [2.45, 2.75) is 484 Å². The Morgan fingerprint density at radius 3 is 0.636 bits per heavy atom. The summed E-state index contributed by atoms with van der Waals surface area (Å²) in [5, 5.41) is 10.7. The number of carbonyl (C=O) groups excluding carboxylic acids is 4. The van der Waals surface area contributed by atoms with Gasteiger partial charge in [0, 0.05) is 25.7 Å². The number of esters is 4. The second-order valence-electron chi connectivity index (χ2n) is 33.1. The first-order chi connectivity index (χ1) is 51.7. The van der Waals surface area contributed by atoms with Gasteiger partial charge in [0.1, 0.15) is 19.3 Å². The second-order valence-corrected chi connectivity index (χ2v) is 36.0. The van der Waals surface area contributed by atoms with Crippen LogP contribution in [0.3, 0.4) is 0 Å². The van der Waals surface area contributed by atoms with Crippen LogP contribution in [0.15, 0.2) is 0 Å². The summed E-state index contributed by atoms with van der Waals surface area (Å²) in [5.41, 5.74) is 0. The van der Waals surface area contributed by atoms with Crippen molar-refractivity contribution in [2.75, 3.05) is 39.6 Å². The maximum Gasteiger partial charge on any atom is 0.472 e. The van der Waals surface area contributed by atoms with Crippen LogP contribution < -0.4 is 0 Å². The molecule has 0 spiro atoms. The van der Waals surface area contributed by atoms with E-state index in [-0.39, 0.29) is 25.7 Å². The number of hydrogen-bond donors (Lipinski definition) is 3. The van der Waals surface area contributed by atoms with Crippen LogP contribution in [0.5, 0.6) is 0 Å². The van der Waals surface area contributed by atoms with Crippen molar-refractivity contribution in [3.8, 4) is 0 Å². The fourth-order valence-electron chi connectivity index (χ4n) is 13.7. The molecular formula is C88H172O17P2. The Balaban J connectivity index is 5.22. The number of unbranched alkanes of at least 4 members (excludes halogenated alkanes) is 54. The van der Waals surface area contributed by atoms with Crippen LogP contribution in [-0.2, 0) is 65.4 Å². The zero-order valence-electron chi connectivity index (χ0n) is 70.6. The molecule has 0 saturated heterocycles. The van der Waals surface area contributed by atoms with Gasteiger partial charge in [-0.05, 0) is 43.4 Å². The van der Waals surface area contributed by atoms with Gasteiger partial charge in [0.15, 0.2) is 12.2 Å². The highest BCUT2D eigenvalue weighted by Crippen LogP contribution is 2.45. The van der Waals surface area contributed by atoms with Gasteiger partial charge in [0.2, 0.25) is 0 Å². The summed E-state index contributed by atoms with van der Waals surface area (Å²) in [7, 11) is -9.93. The van der Waals surface area contributed by atoms with E-state index in [0.717, 1.165) is 108 Å². The molecule has 0 heterocycles. The summed E-state index contributed by atoms with van der Waals surface area (Å²) in [6.07, 6.45) is 69.4. The SMILES string of the molecule is CCCCCCCCCCCCC(=O)OC[C@H](COP(=O)(O)OC[C@H](O)COP(=O)(O)OC[C@@H](COC(=O)CCCCCCCCCCCCCCCCCC(C)C)OC(=O)CCCCCCCCCCCCCCCCCCCCC(C)C)OC(=O)CCCCCCCCCCCCCCCCCC(C)C. The lowest BCUT2D eigenvalue weighted by Gasteiger charge is -2.21. The normalized spacial score (nSPS) is 13.8. The van der Waals surface area contributed by atoms with Crippen molar-refractivity contribution < 1.29 is 80.2 Å². The number of phosphoric ester groups is 2. The zero-order valence-corrected chi connectivity index (χ0v) is 72.4. The molecule has 0 aliphatic heterocycles. The van der Waals surface area contributed by atoms with Crippen molar-refractivity contribution in [1.82, 2.24) is 0 Å². The first-order valence-corrected chi connectivity index (χ1v) is 48.3. The number of aliphatic hydroxyl groups excluding tert-OH is 1. The van der Waals surface area contributed by atoms with Gasteiger partial charge in [-0.1, -0.05) is 414 Å². The number of ether oxygens (including phenoxy) is 4. The van der Waals surface area contributed by atoms with Gasteiger partial charge in [0.05, 0.1) is 26.4 Å². The molecule has 19 heteroatoms. The summed E-state index contributed by atoms with van der Waals surface area (Å²) in [5.74, 6) is 0.328. The number of carbonyl (C=O) groups is 4. The van der Waals surface area contributed by atoms with Gasteiger partial charge in [-0.25, -0.2) is 9.13 Å². The summed E-state index contributed by atoms with van der Waals surface area (Å²) in [4.78, 5) is 73.3. The van der Waals surface area contributed by atoms with Gasteiger partial charge in [-0.3, -0.25) is 37.3 Å². The fraction of sp³-hybridized carbons (Fsp3) is 0.955. The minimum Gasteiger partial charge on any atom is -0.462 e. The lowest BCUT2D eigenvalue weighted by Crippen LogP contribution is -2.30. The van der Waals surface area contributed by atoms with E-state index in [4.69, 9.17) is 37.0 Å². The third-order valence-electron chi connectivity index (χ3n) is 20.6. The van der Waals surface area contributed by atoms with E-state index in [0.29, 0.717) is 25.7 Å². The van der Waals surface area contributed by atoms with Gasteiger partial charge in [-0.15, -0.1) is 0 Å². The Labute approximate surface area is 658 Å². The quantitative estimate of drug-likeness (QED) is 0.0222. The third kappa shape index (κ3) is 81.9. The first kappa shape index (κ1) is 105. The van der Waals surface area contributed by atoms with Gasteiger partial charge in [-0.2, -0.15) is 0 Å². The van der Waals surface area contributed by atoms with Crippen LogP contribution in [0.2, 0.25) is 0 Å². The molecule has 0 aromatic carbocycles. The van der Waals surface area contributed by atoms with Gasteiger partial charge in [0.25, 0.3) is 0 Å². The third-order valence-corrected chi connectivity index (χ3v) is 22.5. The van der Waals surface area contributed by atoms with Crippen molar-refractivity contribution in [3.05, 3.63) is 0 Å². The number of rotatable bonds is 86. The molecule has 0 aromatic heterocycles. The smallest absolute Gasteiger partial charge is 0.462 e. The monoisotopic (exact) mass is 1560 g/mol. The molecular weight excluding hydrogens is 1390 g/mol. The topological polar surface area (TPSA) is 237 Å². The van der Waals surface area contributed by atoms with Crippen LogP contribution in [0, 0.1) is 17.8 Å². The molecule has 0 amide bonds. The molecule has 107 heavy (non-hydrogen) atoms. The van der Waals surface area contributed by atoms with Crippen molar-refractivity contribution in [2.24, 2.45) is 17.8 Å².